The Morgan fingerprint density at radius 3 is 1.50 bits per heavy atom. The largest absolute Gasteiger partial charge is 0.451 e. The zero-order valence-electron chi connectivity index (χ0n) is 6.35. The molecule has 0 heterocycles. The van der Waals surface area contributed by atoms with Gasteiger partial charge >= 0.3 is 18.2 Å². The van der Waals surface area contributed by atoms with Gasteiger partial charge < -0.3 is 4.74 Å². The van der Waals surface area contributed by atoms with Crippen LogP contribution in [0.15, 0.2) is 0 Å². The normalized spacial score (nSPS) is 18.0. The molecule has 0 rings (SSSR count). The van der Waals surface area contributed by atoms with E-state index in [4.69, 9.17) is 0 Å². The molecule has 0 radical (unpaired) electrons. The molecular weight excluding hydrogens is 228 g/mol. The standard InChI is InChI=1S/C5H4F8O/c6-1-3(7,5(11,12)13)14-2-4(8,9)10/h1-2H2. The fraction of sp³-hybridized carbons (Fsp3) is 1.00. The Morgan fingerprint density at radius 2 is 1.29 bits per heavy atom. The van der Waals surface area contributed by atoms with Crippen molar-refractivity contribution in [2.45, 2.75) is 18.2 Å². The summed E-state index contributed by atoms with van der Waals surface area (Å²) in [7, 11) is 0. The lowest BCUT2D eigenvalue weighted by Crippen LogP contribution is -2.47. The highest BCUT2D eigenvalue weighted by Crippen LogP contribution is 2.36. The van der Waals surface area contributed by atoms with E-state index in [9.17, 15) is 35.1 Å². The number of ether oxygens (including phenoxy) is 1. The van der Waals surface area contributed by atoms with Gasteiger partial charge in [-0.25, -0.2) is 4.39 Å². The molecule has 9 heteroatoms. The minimum Gasteiger partial charge on any atom is -0.327 e. The quantitative estimate of drug-likeness (QED) is 0.680. The van der Waals surface area contributed by atoms with Crippen LogP contribution in [0.3, 0.4) is 0 Å². The zero-order valence-corrected chi connectivity index (χ0v) is 6.35. The Labute approximate surface area is 72.6 Å². The smallest absolute Gasteiger partial charge is 0.327 e. The monoisotopic (exact) mass is 232 g/mol. The molecule has 1 nitrogen and oxygen atoms in total. The SMILES string of the molecule is FCC(F)(OCC(F)(F)F)C(F)(F)F. The molecular formula is C5H4F8O. The van der Waals surface area contributed by atoms with E-state index in [1.54, 1.807) is 0 Å². The maximum Gasteiger partial charge on any atom is 0.451 e. The molecule has 86 valence electrons. The number of hydrogen-bond donors (Lipinski definition) is 0. The van der Waals surface area contributed by atoms with Crippen molar-refractivity contribution < 1.29 is 39.9 Å². The van der Waals surface area contributed by atoms with Gasteiger partial charge in [-0.05, 0) is 0 Å². The van der Waals surface area contributed by atoms with Gasteiger partial charge in [0.15, 0.2) is 6.67 Å². The van der Waals surface area contributed by atoms with Crippen molar-refractivity contribution >= 4 is 0 Å². The number of halogens is 8. The molecule has 0 saturated carbocycles. The highest BCUT2D eigenvalue weighted by molar-refractivity contribution is 4.77. The average molecular weight is 232 g/mol. The van der Waals surface area contributed by atoms with Gasteiger partial charge in [0.05, 0.1) is 0 Å². The minimum absolute atomic E-state index is 2.51. The molecule has 0 N–H and O–H groups in total. The van der Waals surface area contributed by atoms with Crippen LogP contribution in [-0.4, -0.2) is 31.5 Å². The van der Waals surface area contributed by atoms with Crippen molar-refractivity contribution in [3.63, 3.8) is 0 Å². The van der Waals surface area contributed by atoms with Gasteiger partial charge in [-0.2, -0.15) is 30.7 Å². The lowest BCUT2D eigenvalue weighted by atomic mass is 10.3. The van der Waals surface area contributed by atoms with Crippen molar-refractivity contribution in [1.82, 2.24) is 0 Å². The maximum absolute atomic E-state index is 12.3. The Morgan fingerprint density at radius 1 is 0.857 bits per heavy atom. The van der Waals surface area contributed by atoms with Crippen molar-refractivity contribution in [3.8, 4) is 0 Å². The van der Waals surface area contributed by atoms with Gasteiger partial charge in [0.1, 0.15) is 6.61 Å². The summed E-state index contributed by atoms with van der Waals surface area (Å²) >= 11 is 0. The first-order valence-electron chi connectivity index (χ1n) is 3.04. The number of rotatable bonds is 3. The van der Waals surface area contributed by atoms with E-state index in [1.165, 1.54) is 0 Å². The molecule has 0 aliphatic rings. The zero-order chi connectivity index (χ0) is 11.6. The van der Waals surface area contributed by atoms with Crippen LogP contribution in [0, 0.1) is 0 Å². The Kier molecular flexibility index (Phi) is 3.71. The molecule has 0 aliphatic heterocycles. The van der Waals surface area contributed by atoms with Gasteiger partial charge in [0.25, 0.3) is 0 Å². The first-order chi connectivity index (χ1) is 6.02. The molecule has 0 aromatic carbocycles. The first kappa shape index (κ1) is 13.4. The van der Waals surface area contributed by atoms with E-state index in [1.807, 2.05) is 0 Å². The molecule has 1 atom stereocenters. The lowest BCUT2D eigenvalue weighted by Gasteiger charge is -2.25. The van der Waals surface area contributed by atoms with Gasteiger partial charge in [-0.1, -0.05) is 0 Å². The predicted molar refractivity (Wildman–Crippen MR) is 27.9 cm³/mol. The van der Waals surface area contributed by atoms with Crippen molar-refractivity contribution in [3.05, 3.63) is 0 Å². The Balaban J connectivity index is 4.43. The number of alkyl halides is 8. The van der Waals surface area contributed by atoms with Crippen molar-refractivity contribution in [1.29, 1.82) is 0 Å². The highest BCUT2D eigenvalue weighted by Gasteiger charge is 2.59. The van der Waals surface area contributed by atoms with E-state index in [-0.39, 0.29) is 0 Å². The van der Waals surface area contributed by atoms with Gasteiger partial charge in [0, 0.05) is 0 Å². The van der Waals surface area contributed by atoms with Crippen molar-refractivity contribution in [2.24, 2.45) is 0 Å². The van der Waals surface area contributed by atoms with Crippen LogP contribution < -0.4 is 0 Å². The molecule has 0 spiro atoms. The molecule has 0 aliphatic carbocycles. The molecule has 0 fully saturated rings. The molecule has 0 saturated heterocycles. The van der Waals surface area contributed by atoms with E-state index >= 15 is 0 Å². The highest BCUT2D eigenvalue weighted by atomic mass is 19.4. The van der Waals surface area contributed by atoms with Crippen LogP contribution in [0.4, 0.5) is 35.1 Å². The molecule has 0 aromatic rings. The summed E-state index contributed by atoms with van der Waals surface area (Å²) in [6, 6.07) is 0. The predicted octanol–water partition coefficient (Wildman–Crippen LogP) is 2.76. The second-order valence-electron chi connectivity index (χ2n) is 2.26. The minimum atomic E-state index is -5.84. The summed E-state index contributed by atoms with van der Waals surface area (Å²) in [5.74, 6) is -4.90. The topological polar surface area (TPSA) is 9.23 Å². The van der Waals surface area contributed by atoms with Gasteiger partial charge in [-0.3, -0.25) is 0 Å². The van der Waals surface area contributed by atoms with Crippen LogP contribution >= 0.6 is 0 Å². The fourth-order valence-corrected chi connectivity index (χ4v) is 0.392. The fourth-order valence-electron chi connectivity index (χ4n) is 0.392. The summed E-state index contributed by atoms with van der Waals surface area (Å²) in [5.41, 5.74) is 0. The van der Waals surface area contributed by atoms with Gasteiger partial charge in [0.2, 0.25) is 0 Å². The summed E-state index contributed by atoms with van der Waals surface area (Å²) in [6.45, 7) is -5.24. The summed E-state index contributed by atoms with van der Waals surface area (Å²) in [4.78, 5) is 0. The van der Waals surface area contributed by atoms with E-state index in [0.717, 1.165) is 0 Å². The number of hydrogen-bond acceptors (Lipinski definition) is 1. The van der Waals surface area contributed by atoms with Crippen LogP contribution in [0.1, 0.15) is 0 Å². The van der Waals surface area contributed by atoms with Crippen LogP contribution in [0.5, 0.6) is 0 Å². The molecule has 14 heavy (non-hydrogen) atoms. The summed E-state index contributed by atoms with van der Waals surface area (Å²) < 4.78 is 95.4. The Hall–Kier alpha value is -0.600. The second-order valence-corrected chi connectivity index (χ2v) is 2.26. The second kappa shape index (κ2) is 3.87. The Bertz CT molecular complexity index is 183. The lowest BCUT2D eigenvalue weighted by molar-refractivity contribution is -0.354. The van der Waals surface area contributed by atoms with Crippen LogP contribution in [0.25, 0.3) is 0 Å². The molecule has 0 amide bonds. The third kappa shape index (κ3) is 3.64. The van der Waals surface area contributed by atoms with Gasteiger partial charge in [-0.15, -0.1) is 0 Å². The summed E-state index contributed by atoms with van der Waals surface area (Å²) in [5, 5.41) is 0. The first-order valence-corrected chi connectivity index (χ1v) is 3.04. The molecule has 1 unspecified atom stereocenters. The van der Waals surface area contributed by atoms with E-state index < -0.39 is 31.5 Å². The van der Waals surface area contributed by atoms with Crippen LogP contribution in [0.2, 0.25) is 0 Å². The van der Waals surface area contributed by atoms with Crippen LogP contribution in [-0.2, 0) is 4.74 Å². The van der Waals surface area contributed by atoms with Crippen molar-refractivity contribution in [2.75, 3.05) is 13.3 Å². The average Bonchev–Trinajstić information content (AvgIpc) is 1.96. The molecule has 0 bridgehead atoms. The molecule has 0 aromatic heterocycles. The van der Waals surface area contributed by atoms with E-state index in [2.05, 4.69) is 4.74 Å². The van der Waals surface area contributed by atoms with E-state index in [0.29, 0.717) is 0 Å². The third-order valence-corrected chi connectivity index (χ3v) is 1.06. The third-order valence-electron chi connectivity index (χ3n) is 1.06. The summed E-state index contributed by atoms with van der Waals surface area (Å²) in [6.07, 6.45) is -11.0. The maximum atomic E-state index is 12.3.